The van der Waals surface area contributed by atoms with Crippen LogP contribution in [-0.4, -0.2) is 35.9 Å². The second-order valence-electron chi connectivity index (χ2n) is 4.36. The standard InChI is InChI=1S/C14H15N3O2/c18-14-13(16-8-10-19-11-9-16)15-6-7-17(14)12-4-2-1-3-5-12/h1-7H,8-11H2. The fourth-order valence-electron chi connectivity index (χ4n) is 2.19. The summed E-state index contributed by atoms with van der Waals surface area (Å²) in [6, 6.07) is 9.57. The molecule has 0 bridgehead atoms. The van der Waals surface area contributed by atoms with Crippen LogP contribution in [0, 0.1) is 0 Å². The molecule has 0 atom stereocenters. The van der Waals surface area contributed by atoms with Crippen molar-refractivity contribution >= 4 is 5.82 Å². The van der Waals surface area contributed by atoms with E-state index in [1.54, 1.807) is 17.0 Å². The van der Waals surface area contributed by atoms with E-state index in [0.717, 1.165) is 5.69 Å². The Morgan fingerprint density at radius 1 is 1.11 bits per heavy atom. The Kier molecular flexibility index (Phi) is 3.29. The van der Waals surface area contributed by atoms with Crippen LogP contribution >= 0.6 is 0 Å². The lowest BCUT2D eigenvalue weighted by Gasteiger charge is -2.27. The molecule has 0 aliphatic carbocycles. The van der Waals surface area contributed by atoms with Gasteiger partial charge in [0.1, 0.15) is 0 Å². The Bertz CT molecular complexity index is 604. The van der Waals surface area contributed by atoms with Crippen molar-refractivity contribution < 1.29 is 4.74 Å². The molecule has 2 heterocycles. The van der Waals surface area contributed by atoms with Crippen molar-refractivity contribution in [1.29, 1.82) is 0 Å². The van der Waals surface area contributed by atoms with E-state index >= 15 is 0 Å². The van der Waals surface area contributed by atoms with Gasteiger partial charge < -0.3 is 9.64 Å². The molecule has 1 aliphatic rings. The number of benzene rings is 1. The molecule has 1 aliphatic heterocycles. The van der Waals surface area contributed by atoms with E-state index in [4.69, 9.17) is 4.74 Å². The van der Waals surface area contributed by atoms with Crippen molar-refractivity contribution in [2.75, 3.05) is 31.2 Å². The number of rotatable bonds is 2. The Morgan fingerprint density at radius 2 is 1.84 bits per heavy atom. The minimum absolute atomic E-state index is 0.0874. The van der Waals surface area contributed by atoms with Crippen LogP contribution in [0.15, 0.2) is 47.5 Å². The number of para-hydroxylation sites is 1. The van der Waals surface area contributed by atoms with E-state index in [1.807, 2.05) is 35.2 Å². The quantitative estimate of drug-likeness (QED) is 0.807. The SMILES string of the molecule is O=c1c(N2CCOCC2)nccn1-c1ccccc1. The van der Waals surface area contributed by atoms with Gasteiger partial charge in [0, 0.05) is 31.2 Å². The van der Waals surface area contributed by atoms with Gasteiger partial charge in [0.05, 0.1) is 13.2 Å². The average molecular weight is 257 g/mol. The third-order valence-corrected chi connectivity index (χ3v) is 3.17. The van der Waals surface area contributed by atoms with E-state index in [-0.39, 0.29) is 5.56 Å². The first-order valence-corrected chi connectivity index (χ1v) is 6.32. The van der Waals surface area contributed by atoms with Gasteiger partial charge in [-0.1, -0.05) is 18.2 Å². The van der Waals surface area contributed by atoms with E-state index in [1.165, 1.54) is 0 Å². The summed E-state index contributed by atoms with van der Waals surface area (Å²) in [6.45, 7) is 2.70. The van der Waals surface area contributed by atoms with Gasteiger partial charge in [-0.05, 0) is 12.1 Å². The van der Waals surface area contributed by atoms with Gasteiger partial charge in [0.2, 0.25) is 0 Å². The van der Waals surface area contributed by atoms with Crippen molar-refractivity contribution in [3.05, 3.63) is 53.1 Å². The zero-order valence-electron chi connectivity index (χ0n) is 10.5. The van der Waals surface area contributed by atoms with Crippen molar-refractivity contribution in [3.8, 4) is 5.69 Å². The third-order valence-electron chi connectivity index (χ3n) is 3.17. The normalized spacial score (nSPS) is 15.5. The minimum Gasteiger partial charge on any atom is -0.378 e. The van der Waals surface area contributed by atoms with Gasteiger partial charge in [-0.15, -0.1) is 0 Å². The zero-order valence-corrected chi connectivity index (χ0v) is 10.5. The molecule has 0 unspecified atom stereocenters. The number of nitrogens with zero attached hydrogens (tertiary/aromatic N) is 3. The predicted octanol–water partition coefficient (Wildman–Crippen LogP) is 1.07. The smallest absolute Gasteiger partial charge is 0.298 e. The second-order valence-corrected chi connectivity index (χ2v) is 4.36. The maximum atomic E-state index is 12.5. The Hall–Kier alpha value is -2.14. The largest absolute Gasteiger partial charge is 0.378 e. The topological polar surface area (TPSA) is 47.4 Å². The van der Waals surface area contributed by atoms with Gasteiger partial charge in [-0.25, -0.2) is 4.98 Å². The summed E-state index contributed by atoms with van der Waals surface area (Å²) < 4.78 is 6.92. The van der Waals surface area contributed by atoms with Crippen LogP contribution in [0.1, 0.15) is 0 Å². The lowest BCUT2D eigenvalue weighted by Crippen LogP contribution is -2.40. The van der Waals surface area contributed by atoms with Crippen LogP contribution in [0.5, 0.6) is 0 Å². The van der Waals surface area contributed by atoms with Crippen LogP contribution in [0.2, 0.25) is 0 Å². The average Bonchev–Trinajstić information content (AvgIpc) is 2.49. The van der Waals surface area contributed by atoms with Gasteiger partial charge >= 0.3 is 0 Å². The summed E-state index contributed by atoms with van der Waals surface area (Å²) in [6.07, 6.45) is 3.36. The van der Waals surface area contributed by atoms with Crippen LogP contribution in [0.25, 0.3) is 5.69 Å². The van der Waals surface area contributed by atoms with Crippen LogP contribution in [0.3, 0.4) is 0 Å². The van der Waals surface area contributed by atoms with Crippen molar-refractivity contribution in [2.45, 2.75) is 0 Å². The highest BCUT2D eigenvalue weighted by atomic mass is 16.5. The van der Waals surface area contributed by atoms with Crippen LogP contribution in [-0.2, 0) is 4.74 Å². The number of ether oxygens (including phenoxy) is 1. The fraction of sp³-hybridized carbons (Fsp3) is 0.286. The van der Waals surface area contributed by atoms with E-state index in [2.05, 4.69) is 4.98 Å². The molecule has 1 aromatic carbocycles. The van der Waals surface area contributed by atoms with Gasteiger partial charge in [-0.2, -0.15) is 0 Å². The molecule has 1 fully saturated rings. The van der Waals surface area contributed by atoms with Crippen LogP contribution < -0.4 is 10.5 Å². The minimum atomic E-state index is -0.0874. The lowest BCUT2D eigenvalue weighted by molar-refractivity contribution is 0.122. The summed E-state index contributed by atoms with van der Waals surface area (Å²) in [7, 11) is 0. The third kappa shape index (κ3) is 2.37. The summed E-state index contributed by atoms with van der Waals surface area (Å²) >= 11 is 0. The van der Waals surface area contributed by atoms with Gasteiger partial charge in [-0.3, -0.25) is 9.36 Å². The van der Waals surface area contributed by atoms with E-state index in [0.29, 0.717) is 32.1 Å². The molecule has 19 heavy (non-hydrogen) atoms. The maximum Gasteiger partial charge on any atom is 0.298 e. The summed E-state index contributed by atoms with van der Waals surface area (Å²) in [5.74, 6) is 0.495. The first-order chi connectivity index (χ1) is 9.36. The molecule has 0 N–H and O–H groups in total. The number of hydrogen-bond donors (Lipinski definition) is 0. The highest BCUT2D eigenvalue weighted by molar-refractivity contribution is 5.40. The summed E-state index contributed by atoms with van der Waals surface area (Å²) in [5.41, 5.74) is 0.764. The highest BCUT2D eigenvalue weighted by Crippen LogP contribution is 2.09. The molecular formula is C14H15N3O2. The molecule has 5 nitrogen and oxygen atoms in total. The predicted molar refractivity (Wildman–Crippen MR) is 72.9 cm³/mol. The van der Waals surface area contributed by atoms with Gasteiger partial charge in [0.15, 0.2) is 5.82 Å². The highest BCUT2D eigenvalue weighted by Gasteiger charge is 2.16. The molecule has 1 saturated heterocycles. The molecule has 0 spiro atoms. The van der Waals surface area contributed by atoms with Crippen LogP contribution in [0.4, 0.5) is 5.82 Å². The molecule has 0 saturated carbocycles. The maximum absolute atomic E-state index is 12.5. The second kappa shape index (κ2) is 5.24. The molecule has 0 amide bonds. The first kappa shape index (κ1) is 11.9. The lowest BCUT2D eigenvalue weighted by atomic mass is 10.3. The Morgan fingerprint density at radius 3 is 2.58 bits per heavy atom. The Balaban J connectivity index is 2.02. The zero-order chi connectivity index (χ0) is 13.1. The van der Waals surface area contributed by atoms with E-state index < -0.39 is 0 Å². The van der Waals surface area contributed by atoms with E-state index in [9.17, 15) is 4.79 Å². The number of morpholine rings is 1. The van der Waals surface area contributed by atoms with Crippen molar-refractivity contribution in [1.82, 2.24) is 9.55 Å². The molecule has 5 heteroatoms. The summed E-state index contributed by atoms with van der Waals surface area (Å²) in [5, 5.41) is 0. The first-order valence-electron chi connectivity index (χ1n) is 6.32. The van der Waals surface area contributed by atoms with Crippen molar-refractivity contribution in [2.24, 2.45) is 0 Å². The number of hydrogen-bond acceptors (Lipinski definition) is 4. The van der Waals surface area contributed by atoms with Gasteiger partial charge in [0.25, 0.3) is 5.56 Å². The number of anilines is 1. The fourth-order valence-corrected chi connectivity index (χ4v) is 2.19. The molecular weight excluding hydrogens is 242 g/mol. The monoisotopic (exact) mass is 257 g/mol. The Labute approximate surface area is 111 Å². The molecule has 3 rings (SSSR count). The molecule has 1 aromatic heterocycles. The number of aromatic nitrogens is 2. The molecule has 98 valence electrons. The van der Waals surface area contributed by atoms with Crippen molar-refractivity contribution in [3.63, 3.8) is 0 Å². The molecule has 2 aromatic rings. The molecule has 0 radical (unpaired) electrons. The summed E-state index contributed by atoms with van der Waals surface area (Å²) in [4.78, 5) is 18.7.